The second-order valence-corrected chi connectivity index (χ2v) is 12.8. The van der Waals surface area contributed by atoms with Crippen molar-refractivity contribution in [3.05, 3.63) is 82.6 Å². The number of aromatic nitrogens is 3. The number of hydrogen-bond donors (Lipinski definition) is 0. The fourth-order valence-electron chi connectivity index (χ4n) is 6.56. The van der Waals surface area contributed by atoms with E-state index in [0.29, 0.717) is 18.1 Å². The van der Waals surface area contributed by atoms with Gasteiger partial charge in [-0.15, -0.1) is 11.3 Å². The van der Waals surface area contributed by atoms with Crippen molar-refractivity contribution in [3.8, 4) is 11.5 Å². The van der Waals surface area contributed by atoms with E-state index in [2.05, 4.69) is 27.7 Å². The van der Waals surface area contributed by atoms with E-state index in [9.17, 15) is 4.79 Å². The third-order valence-electron chi connectivity index (χ3n) is 9.07. The molecule has 2 saturated heterocycles. The molecule has 0 saturated carbocycles. The Labute approximate surface area is 259 Å². The summed E-state index contributed by atoms with van der Waals surface area (Å²) >= 11 is 1.67. The summed E-state index contributed by atoms with van der Waals surface area (Å²) in [5.41, 5.74) is 4.59. The molecule has 2 atom stereocenters. The largest absolute Gasteiger partial charge is 0.485 e. The number of esters is 1. The first kappa shape index (κ1) is 27.6. The molecular formula is C34H34N4O5S. The quantitative estimate of drug-likeness (QED) is 0.204. The molecule has 0 radical (unpaired) electrons. The van der Waals surface area contributed by atoms with Crippen LogP contribution in [0.1, 0.15) is 58.0 Å². The van der Waals surface area contributed by atoms with Crippen LogP contribution in [0.3, 0.4) is 0 Å². The number of likely N-dealkylation sites (tertiary alicyclic amines) is 1. The normalized spacial score (nSPS) is 20.6. The van der Waals surface area contributed by atoms with Crippen LogP contribution in [0.25, 0.3) is 21.3 Å². The number of rotatable bonds is 7. The third kappa shape index (κ3) is 5.10. The number of para-hydroxylation sites is 2. The van der Waals surface area contributed by atoms with E-state index in [1.54, 1.807) is 17.4 Å². The van der Waals surface area contributed by atoms with Gasteiger partial charge in [-0.3, -0.25) is 4.90 Å². The van der Waals surface area contributed by atoms with Crippen molar-refractivity contribution in [2.45, 2.75) is 50.5 Å². The molecule has 5 aromatic rings. The number of fused-ring (bicyclic) bond motifs is 3. The predicted octanol–water partition coefficient (Wildman–Crippen LogP) is 6.11. The van der Waals surface area contributed by atoms with Crippen LogP contribution in [0.4, 0.5) is 0 Å². The zero-order chi connectivity index (χ0) is 29.6. The van der Waals surface area contributed by atoms with Crippen LogP contribution in [0.15, 0.2) is 60.7 Å². The van der Waals surface area contributed by atoms with Crippen LogP contribution in [-0.2, 0) is 22.6 Å². The molecule has 0 aliphatic carbocycles. The van der Waals surface area contributed by atoms with Crippen molar-refractivity contribution in [1.82, 2.24) is 19.4 Å². The lowest BCUT2D eigenvalue weighted by Gasteiger charge is -2.34. The second kappa shape index (κ2) is 11.5. The van der Waals surface area contributed by atoms with Crippen molar-refractivity contribution >= 4 is 38.6 Å². The molecule has 3 aromatic carbocycles. The van der Waals surface area contributed by atoms with E-state index in [1.807, 2.05) is 36.4 Å². The average Bonchev–Trinajstić information content (AvgIpc) is 3.63. The van der Waals surface area contributed by atoms with Crippen LogP contribution < -0.4 is 9.47 Å². The highest BCUT2D eigenvalue weighted by atomic mass is 32.1. The average molecular weight is 611 g/mol. The molecule has 3 aliphatic rings. The number of imidazole rings is 1. The van der Waals surface area contributed by atoms with Crippen molar-refractivity contribution in [2.75, 3.05) is 33.4 Å². The summed E-state index contributed by atoms with van der Waals surface area (Å²) in [6.45, 7) is 4.64. The molecule has 2 fully saturated rings. The summed E-state index contributed by atoms with van der Waals surface area (Å²) in [6.07, 6.45) is 3.03. The SMILES string of the molecule is COC(=O)c1ccc2nc(CN3CCC(c4cccc5c4O[C@@H](c4nc6ccccc6s4)CO5)CC3)n(C[C@@H]3CCO3)c2c1. The standard InChI is InChI=1S/C34H34N4O5S/c1-40-34(39)22-9-10-25-27(17-22)38(18-23-13-16-41-23)31(35-25)19-37-14-11-21(12-15-37)24-5-4-7-28-32(24)43-29(20-42-28)33-36-26-6-2-3-8-30(26)44-33/h2-10,17,21,23,29H,11-16,18-20H2,1H3/t23-,29+/m0/s1. The summed E-state index contributed by atoms with van der Waals surface area (Å²) < 4.78 is 27.0. The lowest BCUT2D eigenvalue weighted by molar-refractivity contribution is -0.0592. The molecule has 10 heteroatoms. The van der Waals surface area contributed by atoms with Crippen molar-refractivity contribution < 1.29 is 23.7 Å². The lowest BCUT2D eigenvalue weighted by Crippen LogP contribution is -2.35. The van der Waals surface area contributed by atoms with Gasteiger partial charge in [0.25, 0.3) is 0 Å². The molecule has 0 N–H and O–H groups in total. The highest BCUT2D eigenvalue weighted by Crippen LogP contribution is 2.45. The molecule has 44 heavy (non-hydrogen) atoms. The Bertz CT molecular complexity index is 1810. The van der Waals surface area contributed by atoms with E-state index in [1.165, 1.54) is 12.7 Å². The Kier molecular flexibility index (Phi) is 7.20. The second-order valence-electron chi connectivity index (χ2n) is 11.8. The zero-order valence-electron chi connectivity index (χ0n) is 24.6. The summed E-state index contributed by atoms with van der Waals surface area (Å²) in [5.74, 6) is 2.73. The van der Waals surface area contributed by atoms with E-state index in [0.717, 1.165) is 95.6 Å². The van der Waals surface area contributed by atoms with Gasteiger partial charge in [-0.05, 0) is 74.7 Å². The Balaban J connectivity index is 0.990. The lowest BCUT2D eigenvalue weighted by atomic mass is 9.88. The number of hydrogen-bond acceptors (Lipinski definition) is 9. The first-order valence-electron chi connectivity index (χ1n) is 15.3. The molecule has 0 unspecified atom stereocenters. The topological polar surface area (TPSA) is 87.9 Å². The van der Waals surface area contributed by atoms with Crippen molar-refractivity contribution in [3.63, 3.8) is 0 Å². The Hall–Kier alpha value is -3.99. The van der Waals surface area contributed by atoms with Gasteiger partial charge in [0.2, 0.25) is 0 Å². The van der Waals surface area contributed by atoms with Crippen LogP contribution in [-0.4, -0.2) is 64.9 Å². The van der Waals surface area contributed by atoms with Crippen LogP contribution in [0, 0.1) is 0 Å². The van der Waals surface area contributed by atoms with E-state index in [4.69, 9.17) is 28.9 Å². The molecule has 0 amide bonds. The molecular weight excluding hydrogens is 576 g/mol. The zero-order valence-corrected chi connectivity index (χ0v) is 25.4. The maximum absolute atomic E-state index is 12.2. The number of ether oxygens (including phenoxy) is 4. The van der Waals surface area contributed by atoms with Gasteiger partial charge in [0.15, 0.2) is 17.6 Å². The van der Waals surface area contributed by atoms with Gasteiger partial charge < -0.3 is 23.5 Å². The Morgan fingerprint density at radius 1 is 1.02 bits per heavy atom. The molecule has 8 rings (SSSR count). The maximum Gasteiger partial charge on any atom is 0.337 e. The van der Waals surface area contributed by atoms with E-state index in [-0.39, 0.29) is 18.2 Å². The number of benzene rings is 3. The van der Waals surface area contributed by atoms with Crippen LogP contribution in [0.5, 0.6) is 11.5 Å². The number of nitrogens with zero attached hydrogens (tertiary/aromatic N) is 4. The first-order chi connectivity index (χ1) is 21.6. The van der Waals surface area contributed by atoms with Crippen molar-refractivity contribution in [1.29, 1.82) is 0 Å². The van der Waals surface area contributed by atoms with Gasteiger partial charge in [-0.25, -0.2) is 14.8 Å². The Morgan fingerprint density at radius 2 is 1.89 bits per heavy atom. The summed E-state index contributed by atoms with van der Waals surface area (Å²) in [6, 6.07) is 20.1. The van der Waals surface area contributed by atoms with Gasteiger partial charge in [0.1, 0.15) is 17.4 Å². The predicted molar refractivity (Wildman–Crippen MR) is 168 cm³/mol. The van der Waals surface area contributed by atoms with Gasteiger partial charge in [-0.1, -0.05) is 24.3 Å². The molecule has 0 spiro atoms. The minimum atomic E-state index is -0.341. The molecule has 3 aliphatic heterocycles. The molecule has 0 bridgehead atoms. The first-order valence-corrected chi connectivity index (χ1v) is 16.1. The summed E-state index contributed by atoms with van der Waals surface area (Å²) in [4.78, 5) is 24.6. The van der Waals surface area contributed by atoms with Gasteiger partial charge >= 0.3 is 5.97 Å². The van der Waals surface area contributed by atoms with Crippen LogP contribution in [0.2, 0.25) is 0 Å². The number of carbonyl (C=O) groups excluding carboxylic acids is 1. The number of thiazole rings is 1. The third-order valence-corrected chi connectivity index (χ3v) is 10.2. The minimum Gasteiger partial charge on any atom is -0.485 e. The number of methoxy groups -OCH3 is 1. The fraction of sp³-hybridized carbons (Fsp3) is 0.382. The fourth-order valence-corrected chi connectivity index (χ4v) is 7.54. The van der Waals surface area contributed by atoms with E-state index >= 15 is 0 Å². The highest BCUT2D eigenvalue weighted by molar-refractivity contribution is 7.18. The van der Waals surface area contributed by atoms with Gasteiger partial charge in [-0.2, -0.15) is 0 Å². The van der Waals surface area contributed by atoms with Crippen LogP contribution >= 0.6 is 11.3 Å². The van der Waals surface area contributed by atoms with Gasteiger partial charge in [0.05, 0.1) is 53.1 Å². The van der Waals surface area contributed by atoms with E-state index < -0.39 is 0 Å². The number of piperidine rings is 1. The molecule has 9 nitrogen and oxygen atoms in total. The smallest absolute Gasteiger partial charge is 0.337 e. The minimum absolute atomic E-state index is 0.178. The highest BCUT2D eigenvalue weighted by Gasteiger charge is 2.32. The maximum atomic E-state index is 12.2. The number of carbonyl (C=O) groups is 1. The molecule has 5 heterocycles. The van der Waals surface area contributed by atoms with Gasteiger partial charge in [0, 0.05) is 12.2 Å². The Morgan fingerprint density at radius 3 is 2.68 bits per heavy atom. The summed E-state index contributed by atoms with van der Waals surface area (Å²) in [5, 5.41) is 0.954. The monoisotopic (exact) mass is 610 g/mol. The molecule has 2 aromatic heterocycles. The summed E-state index contributed by atoms with van der Waals surface area (Å²) in [7, 11) is 1.41. The van der Waals surface area contributed by atoms with Crippen molar-refractivity contribution in [2.24, 2.45) is 0 Å². The molecule has 226 valence electrons.